The van der Waals surface area contributed by atoms with Crippen molar-refractivity contribution in [2.75, 3.05) is 26.2 Å². The van der Waals surface area contributed by atoms with E-state index < -0.39 is 0 Å². The van der Waals surface area contributed by atoms with Gasteiger partial charge in [-0.3, -0.25) is 4.90 Å². The van der Waals surface area contributed by atoms with Gasteiger partial charge in [0, 0.05) is 43.2 Å². The Morgan fingerprint density at radius 2 is 1.31 bits per heavy atom. The second-order valence-corrected chi connectivity index (χ2v) is 6.63. The highest BCUT2D eigenvalue weighted by atomic mass is 15.3. The lowest BCUT2D eigenvalue weighted by atomic mass is 9.98. The van der Waals surface area contributed by atoms with Gasteiger partial charge >= 0.3 is 0 Å². The number of piperazine rings is 1. The van der Waals surface area contributed by atoms with Crippen molar-refractivity contribution in [1.82, 2.24) is 9.80 Å². The summed E-state index contributed by atoms with van der Waals surface area (Å²) in [4.78, 5) is 4.79. The molecule has 0 amide bonds. The first kappa shape index (κ1) is 13.4. The van der Waals surface area contributed by atoms with Gasteiger partial charge in [0.15, 0.2) is 0 Å². The van der Waals surface area contributed by atoms with E-state index in [1.165, 1.54) is 0 Å². The summed E-state index contributed by atoms with van der Waals surface area (Å²) >= 11 is 0. The van der Waals surface area contributed by atoms with Gasteiger partial charge in [0.25, 0.3) is 0 Å². The van der Waals surface area contributed by atoms with E-state index in [1.807, 2.05) is 0 Å². The highest BCUT2D eigenvalue weighted by Crippen LogP contribution is 2.16. The molecule has 0 spiro atoms. The van der Waals surface area contributed by atoms with E-state index in [0.29, 0.717) is 5.54 Å². The van der Waals surface area contributed by atoms with Crippen LogP contribution in [0.3, 0.4) is 0 Å². The first-order valence-electron chi connectivity index (χ1n) is 6.21. The predicted molar refractivity (Wildman–Crippen MR) is 70.1 cm³/mol. The van der Waals surface area contributed by atoms with E-state index in [4.69, 9.17) is 0 Å². The van der Waals surface area contributed by atoms with Gasteiger partial charge in [0.2, 0.25) is 0 Å². The van der Waals surface area contributed by atoms with E-state index >= 15 is 0 Å². The molecule has 0 atom stereocenters. The zero-order chi connectivity index (χ0) is 12.4. The summed E-state index contributed by atoms with van der Waals surface area (Å²) in [5.41, 5.74) is 0.407. The number of hydrogen-bond acceptors (Lipinski definition) is 2. The Bertz CT molecular complexity index is 275. The lowest BCUT2D eigenvalue weighted by molar-refractivity contribution is 0.0847. The van der Waals surface area contributed by atoms with E-state index in [2.05, 4.69) is 63.3 Å². The standard InChI is InChI=1S/C14H26N2/c1-13(2,3)7-8-15-9-11-16(12-10-15)14(4,5)6/h9-12H2,1-6H3. The fourth-order valence-corrected chi connectivity index (χ4v) is 1.74. The lowest BCUT2D eigenvalue weighted by Gasteiger charge is -2.41. The van der Waals surface area contributed by atoms with Gasteiger partial charge in [0.05, 0.1) is 0 Å². The molecule has 0 unspecified atom stereocenters. The van der Waals surface area contributed by atoms with Crippen molar-refractivity contribution in [3.8, 4) is 12.0 Å². The Morgan fingerprint density at radius 3 is 1.69 bits per heavy atom. The second-order valence-electron chi connectivity index (χ2n) is 6.63. The van der Waals surface area contributed by atoms with E-state index in [0.717, 1.165) is 26.2 Å². The van der Waals surface area contributed by atoms with Crippen LogP contribution in [-0.4, -0.2) is 41.5 Å². The quantitative estimate of drug-likeness (QED) is 0.581. The fraction of sp³-hybridized carbons (Fsp3) is 0.857. The van der Waals surface area contributed by atoms with E-state index in [-0.39, 0.29) is 5.41 Å². The summed E-state index contributed by atoms with van der Waals surface area (Å²) < 4.78 is 0. The van der Waals surface area contributed by atoms with Crippen molar-refractivity contribution in [2.24, 2.45) is 5.41 Å². The molecule has 0 saturated carbocycles. The van der Waals surface area contributed by atoms with Crippen LogP contribution in [0.1, 0.15) is 41.5 Å². The molecule has 0 aromatic carbocycles. The molecule has 1 aliphatic heterocycles. The molecule has 2 nitrogen and oxygen atoms in total. The summed E-state index contributed by atoms with van der Waals surface area (Å²) in [6, 6.07) is 3.29. The summed E-state index contributed by atoms with van der Waals surface area (Å²) in [7, 11) is 0. The minimum absolute atomic E-state index is 0.112. The van der Waals surface area contributed by atoms with Crippen LogP contribution in [0.25, 0.3) is 0 Å². The second kappa shape index (κ2) is 4.67. The largest absolute Gasteiger partial charge is 0.330 e. The first-order valence-corrected chi connectivity index (χ1v) is 6.21. The fourth-order valence-electron chi connectivity index (χ4n) is 1.74. The minimum Gasteiger partial charge on any atom is -0.330 e. The Labute approximate surface area is 101 Å². The maximum absolute atomic E-state index is 3.30. The molecule has 0 N–H and O–H groups in total. The number of hydrogen-bond donors (Lipinski definition) is 0. The van der Waals surface area contributed by atoms with Gasteiger partial charge in [-0.1, -0.05) is 5.92 Å². The van der Waals surface area contributed by atoms with Crippen molar-refractivity contribution in [1.29, 1.82) is 0 Å². The predicted octanol–water partition coefficient (Wildman–Crippen LogP) is 2.41. The van der Waals surface area contributed by atoms with Crippen molar-refractivity contribution in [3.63, 3.8) is 0 Å². The Morgan fingerprint density at radius 1 is 0.812 bits per heavy atom. The molecule has 0 aromatic heterocycles. The molecule has 0 aromatic rings. The zero-order valence-electron chi connectivity index (χ0n) is 11.7. The molecule has 1 rings (SSSR count). The molecule has 1 heterocycles. The van der Waals surface area contributed by atoms with Crippen LogP contribution in [0.4, 0.5) is 0 Å². The van der Waals surface area contributed by atoms with Crippen LogP contribution in [0.15, 0.2) is 0 Å². The van der Waals surface area contributed by atoms with Crippen molar-refractivity contribution >= 4 is 0 Å². The smallest absolute Gasteiger partial charge is 0.0389 e. The van der Waals surface area contributed by atoms with Crippen LogP contribution in [0, 0.1) is 17.4 Å². The molecule has 92 valence electrons. The monoisotopic (exact) mass is 222 g/mol. The SMILES string of the molecule is CC(C)(C)C#CN1CCN(C(C)(C)C)CC1. The van der Waals surface area contributed by atoms with Crippen LogP contribution in [0.2, 0.25) is 0 Å². The van der Waals surface area contributed by atoms with Gasteiger partial charge in [0.1, 0.15) is 0 Å². The summed E-state index contributed by atoms with van der Waals surface area (Å²) in [6.45, 7) is 17.7. The number of rotatable bonds is 0. The molecule has 1 saturated heterocycles. The van der Waals surface area contributed by atoms with E-state index in [1.54, 1.807) is 0 Å². The highest BCUT2D eigenvalue weighted by Gasteiger charge is 2.24. The topological polar surface area (TPSA) is 6.48 Å². The molecular formula is C14H26N2. The molecule has 1 aliphatic rings. The van der Waals surface area contributed by atoms with Crippen LogP contribution >= 0.6 is 0 Å². The Kier molecular flexibility index (Phi) is 3.91. The van der Waals surface area contributed by atoms with Crippen molar-refractivity contribution < 1.29 is 0 Å². The maximum Gasteiger partial charge on any atom is 0.0389 e. The number of nitrogens with zero attached hydrogens (tertiary/aromatic N) is 2. The lowest BCUT2D eigenvalue weighted by Crippen LogP contribution is -2.52. The van der Waals surface area contributed by atoms with Gasteiger partial charge in [-0.2, -0.15) is 0 Å². The third kappa shape index (κ3) is 4.45. The average Bonchev–Trinajstić information content (AvgIpc) is 2.13. The Hall–Kier alpha value is -0.680. The molecule has 1 fully saturated rings. The van der Waals surface area contributed by atoms with E-state index in [9.17, 15) is 0 Å². The minimum atomic E-state index is 0.112. The van der Waals surface area contributed by atoms with Crippen LogP contribution in [0.5, 0.6) is 0 Å². The van der Waals surface area contributed by atoms with Crippen LogP contribution < -0.4 is 0 Å². The van der Waals surface area contributed by atoms with Gasteiger partial charge in [-0.05, 0) is 41.5 Å². The normalized spacial score (nSPS) is 19.2. The molecule has 0 bridgehead atoms. The summed E-state index contributed by atoms with van der Waals surface area (Å²) in [5.74, 6) is 3.30. The molecular weight excluding hydrogens is 196 g/mol. The molecule has 0 radical (unpaired) electrons. The molecule has 2 heteroatoms. The highest BCUT2D eigenvalue weighted by molar-refractivity contribution is 5.07. The maximum atomic E-state index is 3.30. The average molecular weight is 222 g/mol. The molecule has 16 heavy (non-hydrogen) atoms. The third-order valence-corrected chi connectivity index (χ3v) is 2.82. The van der Waals surface area contributed by atoms with Gasteiger partial charge in [-0.25, -0.2) is 0 Å². The van der Waals surface area contributed by atoms with Crippen molar-refractivity contribution in [2.45, 2.75) is 47.1 Å². The van der Waals surface area contributed by atoms with Gasteiger partial charge < -0.3 is 4.90 Å². The first-order chi connectivity index (χ1) is 7.18. The summed E-state index contributed by atoms with van der Waals surface area (Å²) in [5, 5.41) is 0. The zero-order valence-corrected chi connectivity index (χ0v) is 11.7. The summed E-state index contributed by atoms with van der Waals surface area (Å²) in [6.07, 6.45) is 0. The Balaban J connectivity index is 2.46. The van der Waals surface area contributed by atoms with Crippen LogP contribution in [-0.2, 0) is 0 Å². The third-order valence-electron chi connectivity index (χ3n) is 2.82. The van der Waals surface area contributed by atoms with Gasteiger partial charge in [-0.15, -0.1) is 0 Å². The molecule has 0 aliphatic carbocycles. The van der Waals surface area contributed by atoms with Crippen molar-refractivity contribution in [3.05, 3.63) is 0 Å².